The maximum atomic E-state index is 11.3. The second kappa shape index (κ2) is 4.76. The van der Waals surface area contributed by atoms with Crippen molar-refractivity contribution >= 4 is 5.78 Å². The molecule has 0 aromatic heterocycles. The standard InChI is InChI=1S/C13H18N2O/c1-10(16)11-3-4-12-8-15(6-2-5-14)9-13(12)7-11/h3-4,7H,2,5-6,8-9,14H2,1H3. The van der Waals surface area contributed by atoms with Gasteiger partial charge in [0, 0.05) is 25.2 Å². The summed E-state index contributed by atoms with van der Waals surface area (Å²) in [5.41, 5.74) is 8.97. The van der Waals surface area contributed by atoms with Gasteiger partial charge in [-0.25, -0.2) is 0 Å². The molecule has 1 aromatic carbocycles. The molecule has 0 bridgehead atoms. The van der Waals surface area contributed by atoms with Crippen molar-refractivity contribution in [3.63, 3.8) is 0 Å². The summed E-state index contributed by atoms with van der Waals surface area (Å²) in [4.78, 5) is 13.6. The van der Waals surface area contributed by atoms with Crippen LogP contribution in [0.25, 0.3) is 0 Å². The van der Waals surface area contributed by atoms with E-state index in [1.807, 2.05) is 12.1 Å². The summed E-state index contributed by atoms with van der Waals surface area (Å²) >= 11 is 0. The third kappa shape index (κ3) is 2.31. The van der Waals surface area contributed by atoms with Crippen LogP contribution in [0, 0.1) is 0 Å². The van der Waals surface area contributed by atoms with Gasteiger partial charge in [0.25, 0.3) is 0 Å². The normalized spacial score (nSPS) is 15.1. The Hall–Kier alpha value is -1.19. The predicted octanol–water partition coefficient (Wildman–Crippen LogP) is 1.55. The molecule has 3 nitrogen and oxygen atoms in total. The fraction of sp³-hybridized carbons (Fsp3) is 0.462. The first-order chi connectivity index (χ1) is 7.70. The lowest BCUT2D eigenvalue weighted by Crippen LogP contribution is -2.20. The van der Waals surface area contributed by atoms with Gasteiger partial charge in [0.05, 0.1) is 0 Å². The zero-order valence-electron chi connectivity index (χ0n) is 9.70. The summed E-state index contributed by atoms with van der Waals surface area (Å²) in [7, 11) is 0. The highest BCUT2D eigenvalue weighted by Crippen LogP contribution is 2.23. The number of hydrogen-bond donors (Lipinski definition) is 1. The third-order valence-corrected chi connectivity index (χ3v) is 3.08. The summed E-state index contributed by atoms with van der Waals surface area (Å²) in [6, 6.07) is 6.03. The molecule has 2 rings (SSSR count). The predicted molar refractivity (Wildman–Crippen MR) is 64.2 cm³/mol. The van der Waals surface area contributed by atoms with Crippen LogP contribution in [-0.4, -0.2) is 23.8 Å². The smallest absolute Gasteiger partial charge is 0.159 e. The van der Waals surface area contributed by atoms with Crippen LogP contribution in [0.5, 0.6) is 0 Å². The van der Waals surface area contributed by atoms with Crippen LogP contribution in [0.3, 0.4) is 0 Å². The summed E-state index contributed by atoms with van der Waals surface area (Å²) < 4.78 is 0. The largest absolute Gasteiger partial charge is 0.330 e. The molecule has 1 heterocycles. The summed E-state index contributed by atoms with van der Waals surface area (Å²) in [6.45, 7) is 5.35. The van der Waals surface area contributed by atoms with Crippen molar-refractivity contribution in [2.45, 2.75) is 26.4 Å². The molecule has 0 saturated heterocycles. The van der Waals surface area contributed by atoms with E-state index in [9.17, 15) is 4.79 Å². The molecule has 0 amide bonds. The van der Waals surface area contributed by atoms with Crippen LogP contribution >= 0.6 is 0 Å². The second-order valence-electron chi connectivity index (χ2n) is 4.39. The van der Waals surface area contributed by atoms with Gasteiger partial charge < -0.3 is 5.73 Å². The zero-order valence-corrected chi connectivity index (χ0v) is 9.70. The van der Waals surface area contributed by atoms with Crippen LogP contribution in [0.15, 0.2) is 18.2 Å². The van der Waals surface area contributed by atoms with Crippen molar-refractivity contribution in [2.24, 2.45) is 5.73 Å². The van der Waals surface area contributed by atoms with Gasteiger partial charge in [0.1, 0.15) is 0 Å². The number of ketones is 1. The minimum absolute atomic E-state index is 0.142. The van der Waals surface area contributed by atoms with E-state index >= 15 is 0 Å². The topological polar surface area (TPSA) is 46.3 Å². The highest BCUT2D eigenvalue weighted by Gasteiger charge is 2.18. The molecule has 0 saturated carbocycles. The minimum atomic E-state index is 0.142. The van der Waals surface area contributed by atoms with E-state index in [1.54, 1.807) is 6.92 Å². The molecule has 0 unspecified atom stereocenters. The van der Waals surface area contributed by atoms with Crippen LogP contribution in [0.1, 0.15) is 34.8 Å². The third-order valence-electron chi connectivity index (χ3n) is 3.08. The summed E-state index contributed by atoms with van der Waals surface area (Å²) in [5.74, 6) is 0.142. The lowest BCUT2D eigenvalue weighted by Gasteiger charge is -2.13. The van der Waals surface area contributed by atoms with Gasteiger partial charge >= 0.3 is 0 Å². The fourth-order valence-corrected chi connectivity index (χ4v) is 2.16. The molecule has 1 aliphatic heterocycles. The van der Waals surface area contributed by atoms with E-state index in [0.29, 0.717) is 0 Å². The van der Waals surface area contributed by atoms with Crippen LogP contribution in [-0.2, 0) is 13.1 Å². The molecule has 16 heavy (non-hydrogen) atoms. The van der Waals surface area contributed by atoms with Crippen LogP contribution in [0.2, 0.25) is 0 Å². The Morgan fingerprint density at radius 2 is 2.12 bits per heavy atom. The molecular formula is C13H18N2O. The molecule has 0 aliphatic carbocycles. The number of carbonyl (C=O) groups excluding carboxylic acids is 1. The molecule has 3 heteroatoms. The van der Waals surface area contributed by atoms with E-state index in [0.717, 1.165) is 38.2 Å². The first-order valence-corrected chi connectivity index (χ1v) is 5.76. The lowest BCUT2D eigenvalue weighted by atomic mass is 10.0. The number of carbonyl (C=O) groups is 1. The van der Waals surface area contributed by atoms with E-state index in [-0.39, 0.29) is 5.78 Å². The maximum Gasteiger partial charge on any atom is 0.159 e. The lowest BCUT2D eigenvalue weighted by molar-refractivity contribution is 0.101. The summed E-state index contributed by atoms with van der Waals surface area (Å²) in [5, 5.41) is 0. The van der Waals surface area contributed by atoms with E-state index in [2.05, 4.69) is 11.0 Å². The molecule has 0 radical (unpaired) electrons. The molecule has 0 fully saturated rings. The second-order valence-corrected chi connectivity index (χ2v) is 4.39. The van der Waals surface area contributed by atoms with Gasteiger partial charge in [-0.3, -0.25) is 9.69 Å². The van der Waals surface area contributed by atoms with E-state index < -0.39 is 0 Å². The minimum Gasteiger partial charge on any atom is -0.330 e. The number of hydrogen-bond acceptors (Lipinski definition) is 3. The van der Waals surface area contributed by atoms with Gasteiger partial charge in [-0.2, -0.15) is 0 Å². The van der Waals surface area contributed by atoms with Crippen molar-refractivity contribution in [3.8, 4) is 0 Å². The van der Waals surface area contributed by atoms with E-state index in [4.69, 9.17) is 5.73 Å². The number of rotatable bonds is 4. The Labute approximate surface area is 96.2 Å². The summed E-state index contributed by atoms with van der Waals surface area (Å²) in [6.07, 6.45) is 1.04. The number of fused-ring (bicyclic) bond motifs is 1. The molecule has 0 atom stereocenters. The highest BCUT2D eigenvalue weighted by atomic mass is 16.1. The Bertz CT molecular complexity index is 401. The van der Waals surface area contributed by atoms with Crippen molar-refractivity contribution in [1.82, 2.24) is 4.90 Å². The van der Waals surface area contributed by atoms with Crippen LogP contribution in [0.4, 0.5) is 0 Å². The number of Topliss-reactive ketones (excluding diaryl/α,β-unsaturated/α-hetero) is 1. The Morgan fingerprint density at radius 3 is 2.81 bits per heavy atom. The monoisotopic (exact) mass is 218 g/mol. The van der Waals surface area contributed by atoms with Gasteiger partial charge in [0.2, 0.25) is 0 Å². The molecule has 1 aromatic rings. The average molecular weight is 218 g/mol. The quantitative estimate of drug-likeness (QED) is 0.780. The van der Waals surface area contributed by atoms with Crippen molar-refractivity contribution < 1.29 is 4.79 Å². The van der Waals surface area contributed by atoms with E-state index in [1.165, 1.54) is 11.1 Å². The molecule has 0 spiro atoms. The molecule has 86 valence electrons. The van der Waals surface area contributed by atoms with Crippen molar-refractivity contribution in [2.75, 3.05) is 13.1 Å². The maximum absolute atomic E-state index is 11.3. The van der Waals surface area contributed by atoms with Crippen LogP contribution < -0.4 is 5.73 Å². The van der Waals surface area contributed by atoms with Gasteiger partial charge in [-0.15, -0.1) is 0 Å². The van der Waals surface area contributed by atoms with Gasteiger partial charge in [0.15, 0.2) is 5.78 Å². The SMILES string of the molecule is CC(=O)c1ccc2c(c1)CN(CCCN)C2. The Balaban J connectivity index is 2.09. The van der Waals surface area contributed by atoms with Gasteiger partial charge in [-0.1, -0.05) is 12.1 Å². The zero-order chi connectivity index (χ0) is 11.5. The molecular weight excluding hydrogens is 200 g/mol. The molecule has 1 aliphatic rings. The number of benzene rings is 1. The molecule has 2 N–H and O–H groups in total. The Kier molecular flexibility index (Phi) is 3.36. The fourth-order valence-electron chi connectivity index (χ4n) is 2.16. The van der Waals surface area contributed by atoms with Gasteiger partial charge in [-0.05, 0) is 37.1 Å². The highest BCUT2D eigenvalue weighted by molar-refractivity contribution is 5.94. The first kappa shape index (κ1) is 11.3. The van der Waals surface area contributed by atoms with Crippen molar-refractivity contribution in [1.29, 1.82) is 0 Å². The average Bonchev–Trinajstić information content (AvgIpc) is 2.67. The number of nitrogens with two attached hydrogens (primary N) is 1. The Morgan fingerprint density at radius 1 is 1.38 bits per heavy atom. The number of nitrogens with zero attached hydrogens (tertiary/aromatic N) is 1. The van der Waals surface area contributed by atoms with Crippen molar-refractivity contribution in [3.05, 3.63) is 34.9 Å². The first-order valence-electron chi connectivity index (χ1n) is 5.76.